The maximum absolute atomic E-state index is 13.4. The van der Waals surface area contributed by atoms with Crippen LogP contribution < -0.4 is 10.9 Å². The van der Waals surface area contributed by atoms with Gasteiger partial charge in [0.25, 0.3) is 11.5 Å². The van der Waals surface area contributed by atoms with E-state index in [9.17, 15) is 19.2 Å². The van der Waals surface area contributed by atoms with Crippen molar-refractivity contribution >= 4 is 44.7 Å². The SMILES string of the molecule is Cc1c(C(=O)Nc2cccc3c2C(=O)c2ccccc2C3=O)sc2ncn(Cc3ccccc3)c(=O)c12. The van der Waals surface area contributed by atoms with Gasteiger partial charge in [0.1, 0.15) is 4.83 Å². The van der Waals surface area contributed by atoms with Crippen LogP contribution in [0, 0.1) is 6.92 Å². The molecule has 0 bridgehead atoms. The van der Waals surface area contributed by atoms with Crippen LogP contribution in [-0.2, 0) is 6.54 Å². The molecule has 0 atom stereocenters. The van der Waals surface area contributed by atoms with E-state index in [4.69, 9.17) is 0 Å². The van der Waals surface area contributed by atoms with Gasteiger partial charge < -0.3 is 5.32 Å². The summed E-state index contributed by atoms with van der Waals surface area (Å²) in [5.74, 6) is -1.05. The number of hydrogen-bond donors (Lipinski definition) is 1. The molecule has 1 aliphatic carbocycles. The highest BCUT2D eigenvalue weighted by Gasteiger charge is 2.32. The summed E-state index contributed by atoms with van der Waals surface area (Å²) in [6.45, 7) is 2.09. The molecule has 0 fully saturated rings. The Kier molecular flexibility index (Phi) is 5.39. The molecule has 37 heavy (non-hydrogen) atoms. The van der Waals surface area contributed by atoms with Crippen molar-refractivity contribution in [1.82, 2.24) is 9.55 Å². The van der Waals surface area contributed by atoms with E-state index < -0.39 is 5.91 Å². The average Bonchev–Trinajstić information content (AvgIpc) is 3.26. The maximum atomic E-state index is 13.4. The third-order valence-electron chi connectivity index (χ3n) is 6.52. The van der Waals surface area contributed by atoms with Crippen LogP contribution in [0.2, 0.25) is 0 Å². The average molecular weight is 506 g/mol. The van der Waals surface area contributed by atoms with Crippen molar-refractivity contribution in [3.63, 3.8) is 0 Å². The number of carbonyl (C=O) groups is 3. The quantitative estimate of drug-likeness (QED) is 0.370. The molecule has 0 aliphatic heterocycles. The molecule has 0 unspecified atom stereocenters. The van der Waals surface area contributed by atoms with Crippen molar-refractivity contribution < 1.29 is 14.4 Å². The lowest BCUT2D eigenvalue weighted by atomic mass is 9.83. The fraction of sp³-hybridized carbons (Fsp3) is 0.0690. The van der Waals surface area contributed by atoms with Gasteiger partial charge in [-0.1, -0.05) is 66.7 Å². The first kappa shape index (κ1) is 22.8. The van der Waals surface area contributed by atoms with Gasteiger partial charge in [0.2, 0.25) is 0 Å². The smallest absolute Gasteiger partial charge is 0.266 e. The zero-order valence-corrected chi connectivity index (χ0v) is 20.5. The fourth-order valence-electron chi connectivity index (χ4n) is 4.70. The molecule has 5 aromatic rings. The van der Waals surface area contributed by atoms with Crippen molar-refractivity contribution in [3.8, 4) is 0 Å². The van der Waals surface area contributed by atoms with E-state index in [-0.39, 0.29) is 33.9 Å². The van der Waals surface area contributed by atoms with Gasteiger partial charge in [-0.3, -0.25) is 23.7 Å². The molecule has 2 aromatic heterocycles. The van der Waals surface area contributed by atoms with E-state index >= 15 is 0 Å². The zero-order chi connectivity index (χ0) is 25.7. The van der Waals surface area contributed by atoms with Gasteiger partial charge >= 0.3 is 0 Å². The Bertz CT molecular complexity index is 1820. The molecule has 0 spiro atoms. The summed E-state index contributed by atoms with van der Waals surface area (Å²) >= 11 is 1.12. The number of fused-ring (bicyclic) bond motifs is 3. The summed E-state index contributed by atoms with van der Waals surface area (Å²) in [7, 11) is 0. The Balaban J connectivity index is 1.36. The molecule has 0 radical (unpaired) electrons. The molecular weight excluding hydrogens is 486 g/mol. The van der Waals surface area contributed by atoms with E-state index in [2.05, 4.69) is 10.3 Å². The molecule has 7 nitrogen and oxygen atoms in total. The second-order valence-corrected chi connectivity index (χ2v) is 9.78. The van der Waals surface area contributed by atoms with Gasteiger partial charge in [-0.15, -0.1) is 11.3 Å². The minimum atomic E-state index is -0.470. The van der Waals surface area contributed by atoms with E-state index in [1.165, 1.54) is 10.9 Å². The minimum absolute atomic E-state index is 0.168. The van der Waals surface area contributed by atoms with Crippen LogP contribution in [0.4, 0.5) is 5.69 Å². The van der Waals surface area contributed by atoms with Gasteiger partial charge in [-0.05, 0) is 24.1 Å². The van der Waals surface area contributed by atoms with Crippen LogP contribution in [0.1, 0.15) is 52.6 Å². The van der Waals surface area contributed by atoms with Crippen molar-refractivity contribution in [2.45, 2.75) is 13.5 Å². The highest BCUT2D eigenvalue weighted by atomic mass is 32.1. The van der Waals surface area contributed by atoms with Crippen molar-refractivity contribution in [2.24, 2.45) is 0 Å². The minimum Gasteiger partial charge on any atom is -0.321 e. The summed E-state index contributed by atoms with van der Waals surface area (Å²) in [6.07, 6.45) is 1.49. The number of aromatic nitrogens is 2. The highest BCUT2D eigenvalue weighted by molar-refractivity contribution is 7.20. The Labute approximate surface area is 215 Å². The van der Waals surface area contributed by atoms with Gasteiger partial charge in [0.05, 0.1) is 34.4 Å². The fourth-order valence-corrected chi connectivity index (χ4v) is 5.73. The van der Waals surface area contributed by atoms with Crippen LogP contribution in [0.25, 0.3) is 10.2 Å². The van der Waals surface area contributed by atoms with E-state index in [1.807, 2.05) is 30.3 Å². The summed E-state index contributed by atoms with van der Waals surface area (Å²) in [5, 5.41) is 3.20. The van der Waals surface area contributed by atoms with E-state index in [0.29, 0.717) is 38.3 Å². The number of hydrogen-bond acceptors (Lipinski definition) is 6. The molecule has 1 N–H and O–H groups in total. The topological polar surface area (TPSA) is 98.1 Å². The number of anilines is 1. The Morgan fingerprint density at radius 3 is 2.30 bits per heavy atom. The normalized spacial score (nSPS) is 12.4. The number of nitrogens with one attached hydrogen (secondary N) is 1. The van der Waals surface area contributed by atoms with Crippen LogP contribution in [0.15, 0.2) is 83.9 Å². The molecule has 180 valence electrons. The van der Waals surface area contributed by atoms with Gasteiger partial charge in [0, 0.05) is 16.7 Å². The van der Waals surface area contributed by atoms with Crippen LogP contribution >= 0.6 is 11.3 Å². The Morgan fingerprint density at radius 2 is 1.54 bits per heavy atom. The molecule has 2 heterocycles. The maximum Gasteiger partial charge on any atom is 0.266 e. The molecule has 8 heteroatoms. The van der Waals surface area contributed by atoms with Gasteiger partial charge in [-0.25, -0.2) is 4.98 Å². The van der Waals surface area contributed by atoms with Crippen LogP contribution in [-0.4, -0.2) is 27.0 Å². The van der Waals surface area contributed by atoms with E-state index in [0.717, 1.165) is 16.9 Å². The van der Waals surface area contributed by atoms with Crippen LogP contribution in [0.5, 0.6) is 0 Å². The Hall–Kier alpha value is -4.69. The molecular formula is C29H19N3O4S. The predicted octanol–water partition coefficient (Wildman–Crippen LogP) is 4.84. The van der Waals surface area contributed by atoms with E-state index in [1.54, 1.807) is 49.4 Å². The first-order chi connectivity index (χ1) is 17.9. The number of nitrogens with zero attached hydrogens (tertiary/aromatic N) is 2. The van der Waals surface area contributed by atoms with Crippen molar-refractivity contribution in [2.75, 3.05) is 5.32 Å². The summed E-state index contributed by atoms with van der Waals surface area (Å²) in [4.78, 5) is 58.1. The summed E-state index contributed by atoms with van der Waals surface area (Å²) in [6, 6.07) is 21.1. The molecule has 1 amide bonds. The molecule has 1 aliphatic rings. The molecule has 3 aromatic carbocycles. The number of benzene rings is 3. The lowest BCUT2D eigenvalue weighted by molar-refractivity contribution is 0.0978. The third kappa shape index (κ3) is 3.70. The first-order valence-electron chi connectivity index (χ1n) is 11.6. The zero-order valence-electron chi connectivity index (χ0n) is 19.6. The lowest BCUT2D eigenvalue weighted by Crippen LogP contribution is -2.24. The second-order valence-electron chi connectivity index (χ2n) is 8.79. The molecule has 6 rings (SSSR count). The first-order valence-corrected chi connectivity index (χ1v) is 12.4. The van der Waals surface area contributed by atoms with Crippen molar-refractivity contribution in [1.29, 1.82) is 0 Å². The third-order valence-corrected chi connectivity index (χ3v) is 7.72. The van der Waals surface area contributed by atoms with Crippen LogP contribution in [0.3, 0.4) is 0 Å². The van der Waals surface area contributed by atoms with Gasteiger partial charge in [0.15, 0.2) is 11.6 Å². The number of rotatable bonds is 4. The highest BCUT2D eigenvalue weighted by Crippen LogP contribution is 2.33. The number of amides is 1. The number of carbonyl (C=O) groups excluding carboxylic acids is 3. The number of aryl methyl sites for hydroxylation is 1. The Morgan fingerprint density at radius 1 is 0.865 bits per heavy atom. The molecule has 0 saturated heterocycles. The number of thiophene rings is 1. The summed E-state index contributed by atoms with van der Waals surface area (Å²) < 4.78 is 1.52. The second kappa shape index (κ2) is 8.76. The lowest BCUT2D eigenvalue weighted by Gasteiger charge is -2.20. The van der Waals surface area contributed by atoms with Gasteiger partial charge in [-0.2, -0.15) is 0 Å². The largest absolute Gasteiger partial charge is 0.321 e. The predicted molar refractivity (Wildman–Crippen MR) is 142 cm³/mol. The van der Waals surface area contributed by atoms with Crippen molar-refractivity contribution in [3.05, 3.63) is 128 Å². The monoisotopic (exact) mass is 505 g/mol. The summed E-state index contributed by atoms with van der Waals surface area (Å²) in [5.41, 5.74) is 2.59. The standard InChI is InChI=1S/C29H19N3O4S/c1-16-22-28(30-15-32(29(22)36)14-17-8-3-2-4-9-17)37-26(16)27(35)31-21-13-7-12-20-23(21)25(34)19-11-6-5-10-18(19)24(20)33/h2-13,15H,14H2,1H3,(H,31,35). The molecule has 0 saturated carbocycles. The number of ketones is 2.